The van der Waals surface area contributed by atoms with Crippen molar-refractivity contribution in [3.8, 4) is 5.75 Å². The first-order valence-corrected chi connectivity index (χ1v) is 10.1. The van der Waals surface area contributed by atoms with E-state index in [4.69, 9.17) is 4.74 Å². The van der Waals surface area contributed by atoms with Crippen molar-refractivity contribution in [1.82, 2.24) is 5.32 Å². The van der Waals surface area contributed by atoms with Crippen LogP contribution >= 0.6 is 11.8 Å². The van der Waals surface area contributed by atoms with Gasteiger partial charge in [0.1, 0.15) is 11.6 Å². The number of para-hydroxylation sites is 1. The second-order valence-corrected chi connectivity index (χ2v) is 7.75. The van der Waals surface area contributed by atoms with E-state index in [1.165, 1.54) is 24.3 Å². The SMILES string of the molecule is O=C(NC1CCOc2ccccc21)c1cc([N+](=O)[O-])ccc1Sc1ccccc1F. The number of nitrogens with zero attached hydrogens (tertiary/aromatic N) is 1. The van der Waals surface area contributed by atoms with Crippen molar-refractivity contribution >= 4 is 23.4 Å². The molecule has 0 bridgehead atoms. The Morgan fingerprint density at radius 3 is 2.67 bits per heavy atom. The molecule has 1 N–H and O–H groups in total. The van der Waals surface area contributed by atoms with E-state index in [-0.39, 0.29) is 17.3 Å². The summed E-state index contributed by atoms with van der Waals surface area (Å²) in [7, 11) is 0. The van der Waals surface area contributed by atoms with Crippen LogP contribution in [0.4, 0.5) is 10.1 Å². The highest BCUT2D eigenvalue weighted by Gasteiger charge is 2.25. The Balaban J connectivity index is 1.66. The van der Waals surface area contributed by atoms with E-state index in [1.807, 2.05) is 24.3 Å². The smallest absolute Gasteiger partial charge is 0.270 e. The van der Waals surface area contributed by atoms with Gasteiger partial charge in [0.15, 0.2) is 0 Å². The normalized spacial score (nSPS) is 15.0. The lowest BCUT2D eigenvalue weighted by molar-refractivity contribution is -0.384. The number of hydrogen-bond donors (Lipinski definition) is 1. The van der Waals surface area contributed by atoms with E-state index >= 15 is 0 Å². The first-order chi connectivity index (χ1) is 14.5. The Morgan fingerprint density at radius 1 is 1.10 bits per heavy atom. The molecule has 4 rings (SSSR count). The van der Waals surface area contributed by atoms with Crippen molar-refractivity contribution < 1.29 is 18.8 Å². The zero-order valence-corrected chi connectivity index (χ0v) is 16.5. The van der Waals surface area contributed by atoms with Gasteiger partial charge in [-0.15, -0.1) is 0 Å². The van der Waals surface area contributed by atoms with E-state index < -0.39 is 16.6 Å². The predicted octanol–water partition coefficient (Wildman–Crippen LogP) is 5.14. The molecule has 0 fully saturated rings. The Bertz CT molecular complexity index is 1120. The molecule has 0 saturated carbocycles. The predicted molar refractivity (Wildman–Crippen MR) is 110 cm³/mol. The molecule has 8 heteroatoms. The zero-order valence-electron chi connectivity index (χ0n) is 15.7. The summed E-state index contributed by atoms with van der Waals surface area (Å²) in [5.41, 5.74) is 0.776. The summed E-state index contributed by atoms with van der Waals surface area (Å²) >= 11 is 1.05. The highest BCUT2D eigenvalue weighted by Crippen LogP contribution is 2.35. The van der Waals surface area contributed by atoms with Crippen LogP contribution in [0.5, 0.6) is 5.75 Å². The maximum atomic E-state index is 14.1. The number of carbonyl (C=O) groups excluding carboxylic acids is 1. The van der Waals surface area contributed by atoms with Crippen LogP contribution in [-0.4, -0.2) is 17.4 Å². The molecule has 30 heavy (non-hydrogen) atoms. The summed E-state index contributed by atoms with van der Waals surface area (Å²) in [4.78, 5) is 24.6. The highest BCUT2D eigenvalue weighted by molar-refractivity contribution is 7.99. The maximum Gasteiger partial charge on any atom is 0.270 e. The molecular weight excluding hydrogens is 407 g/mol. The second kappa shape index (κ2) is 8.54. The third-order valence-electron chi connectivity index (χ3n) is 4.74. The molecule has 3 aromatic carbocycles. The minimum atomic E-state index is -0.557. The molecule has 0 radical (unpaired) electrons. The van der Waals surface area contributed by atoms with Crippen LogP contribution in [-0.2, 0) is 0 Å². The standard InChI is InChI=1S/C22H17FN2O4S/c23-17-6-2-4-8-21(17)30-20-10-9-14(25(27)28)13-16(20)22(26)24-18-11-12-29-19-7-3-1-5-15(18)19/h1-10,13,18H,11-12H2,(H,24,26). The van der Waals surface area contributed by atoms with Gasteiger partial charge < -0.3 is 10.1 Å². The number of rotatable bonds is 5. The van der Waals surface area contributed by atoms with Gasteiger partial charge in [-0.3, -0.25) is 14.9 Å². The van der Waals surface area contributed by atoms with E-state index in [9.17, 15) is 19.3 Å². The molecule has 1 amide bonds. The summed E-state index contributed by atoms with van der Waals surface area (Å²) in [5.74, 6) is -0.182. The van der Waals surface area contributed by atoms with Gasteiger partial charge in [0.2, 0.25) is 0 Å². The lowest BCUT2D eigenvalue weighted by atomic mass is 10.00. The van der Waals surface area contributed by atoms with Gasteiger partial charge in [0.05, 0.1) is 23.1 Å². The van der Waals surface area contributed by atoms with E-state index in [0.717, 1.165) is 17.3 Å². The minimum absolute atomic E-state index is 0.126. The number of benzene rings is 3. The van der Waals surface area contributed by atoms with Crippen LogP contribution in [0.3, 0.4) is 0 Å². The van der Waals surface area contributed by atoms with Crippen molar-refractivity contribution in [3.05, 3.63) is 93.8 Å². The molecule has 0 spiro atoms. The molecule has 1 unspecified atom stereocenters. The fourth-order valence-corrected chi connectivity index (χ4v) is 4.22. The summed E-state index contributed by atoms with van der Waals surface area (Å²) in [5, 5.41) is 14.2. The van der Waals surface area contributed by atoms with Crippen molar-refractivity contribution in [3.63, 3.8) is 0 Å². The van der Waals surface area contributed by atoms with Crippen molar-refractivity contribution in [1.29, 1.82) is 0 Å². The van der Waals surface area contributed by atoms with E-state index in [0.29, 0.717) is 28.6 Å². The van der Waals surface area contributed by atoms with Crippen LogP contribution in [0.25, 0.3) is 0 Å². The average Bonchev–Trinajstić information content (AvgIpc) is 2.75. The summed E-state index contributed by atoms with van der Waals surface area (Å²) in [6.07, 6.45) is 0.577. The minimum Gasteiger partial charge on any atom is -0.493 e. The van der Waals surface area contributed by atoms with Crippen LogP contribution in [0.2, 0.25) is 0 Å². The molecule has 3 aromatic rings. The third kappa shape index (κ3) is 4.13. The first kappa shape index (κ1) is 19.9. The average molecular weight is 424 g/mol. The van der Waals surface area contributed by atoms with Crippen molar-refractivity contribution in [2.45, 2.75) is 22.3 Å². The summed E-state index contributed by atoms with van der Waals surface area (Å²) in [6.45, 7) is 0.452. The van der Waals surface area contributed by atoms with Crippen molar-refractivity contribution in [2.24, 2.45) is 0 Å². The highest BCUT2D eigenvalue weighted by atomic mass is 32.2. The number of halogens is 1. The van der Waals surface area contributed by atoms with Crippen LogP contribution in [0.15, 0.2) is 76.5 Å². The monoisotopic (exact) mass is 424 g/mol. The molecule has 0 aromatic heterocycles. The van der Waals surface area contributed by atoms with Gasteiger partial charge in [-0.25, -0.2) is 4.39 Å². The fourth-order valence-electron chi connectivity index (χ4n) is 3.27. The third-order valence-corrected chi connectivity index (χ3v) is 5.87. The molecule has 1 atom stereocenters. The van der Waals surface area contributed by atoms with E-state index in [2.05, 4.69) is 5.32 Å². The summed E-state index contributed by atoms with van der Waals surface area (Å²) in [6, 6.07) is 17.3. The Labute approximate surface area is 176 Å². The Morgan fingerprint density at radius 2 is 1.87 bits per heavy atom. The van der Waals surface area contributed by atoms with Crippen molar-refractivity contribution in [2.75, 3.05) is 6.61 Å². The van der Waals surface area contributed by atoms with Crippen LogP contribution in [0, 0.1) is 15.9 Å². The number of nitro groups is 1. The Hall–Kier alpha value is -3.39. The number of nitro benzene ring substituents is 1. The number of non-ortho nitro benzene ring substituents is 1. The number of nitrogens with one attached hydrogen (secondary N) is 1. The first-order valence-electron chi connectivity index (χ1n) is 9.26. The van der Waals surface area contributed by atoms with Gasteiger partial charge in [-0.05, 0) is 24.3 Å². The van der Waals surface area contributed by atoms with Gasteiger partial charge in [0, 0.05) is 33.9 Å². The van der Waals surface area contributed by atoms with Crippen LogP contribution < -0.4 is 10.1 Å². The summed E-state index contributed by atoms with van der Waals surface area (Å²) < 4.78 is 19.7. The van der Waals surface area contributed by atoms with Gasteiger partial charge >= 0.3 is 0 Å². The van der Waals surface area contributed by atoms with Gasteiger partial charge in [-0.1, -0.05) is 42.1 Å². The molecular formula is C22H17FN2O4S. The molecule has 1 aliphatic heterocycles. The topological polar surface area (TPSA) is 81.5 Å². The lowest BCUT2D eigenvalue weighted by Crippen LogP contribution is -2.32. The lowest BCUT2D eigenvalue weighted by Gasteiger charge is -2.26. The Kier molecular flexibility index (Phi) is 5.67. The van der Waals surface area contributed by atoms with E-state index in [1.54, 1.807) is 18.2 Å². The number of fused-ring (bicyclic) bond motifs is 1. The van der Waals surface area contributed by atoms with Gasteiger partial charge in [-0.2, -0.15) is 0 Å². The number of hydrogen-bond acceptors (Lipinski definition) is 5. The largest absolute Gasteiger partial charge is 0.493 e. The number of amides is 1. The molecule has 152 valence electrons. The second-order valence-electron chi connectivity index (χ2n) is 6.67. The molecule has 0 saturated heterocycles. The maximum absolute atomic E-state index is 14.1. The molecule has 6 nitrogen and oxygen atoms in total. The molecule has 1 aliphatic rings. The van der Waals surface area contributed by atoms with Gasteiger partial charge in [0.25, 0.3) is 11.6 Å². The molecule has 0 aliphatic carbocycles. The quantitative estimate of drug-likeness (QED) is 0.453. The fraction of sp³-hybridized carbons (Fsp3) is 0.136. The number of carbonyl (C=O) groups is 1. The van der Waals surface area contributed by atoms with Crippen LogP contribution in [0.1, 0.15) is 28.4 Å². The molecule has 1 heterocycles. The number of ether oxygens (including phenoxy) is 1. The zero-order chi connectivity index (χ0) is 21.1.